The summed E-state index contributed by atoms with van der Waals surface area (Å²) in [7, 11) is 0. The fourth-order valence-corrected chi connectivity index (χ4v) is 3.61. The lowest BCUT2D eigenvalue weighted by molar-refractivity contribution is -0.111. The highest BCUT2D eigenvalue weighted by Crippen LogP contribution is 2.26. The Hall–Kier alpha value is -2.81. The first kappa shape index (κ1) is 20.5. The van der Waals surface area contributed by atoms with Gasteiger partial charge < -0.3 is 15.4 Å². The molecule has 30 heavy (non-hydrogen) atoms. The molecule has 1 aliphatic heterocycles. The third-order valence-electron chi connectivity index (χ3n) is 4.73. The molecule has 0 saturated carbocycles. The third-order valence-corrected chi connectivity index (χ3v) is 5.22. The van der Waals surface area contributed by atoms with E-state index in [9.17, 15) is 4.79 Å². The molecule has 2 N–H and O–H groups in total. The maximum atomic E-state index is 12.3. The maximum Gasteiger partial charge on any atom is 0.248 e. The van der Waals surface area contributed by atoms with Crippen LogP contribution in [0.3, 0.4) is 0 Å². The minimum Gasteiger partial charge on any atom is -0.379 e. The molecule has 2 aromatic carbocycles. The standard InChI is InChI=1S/C22H22BrN5O2/c23-16-3-1-4-17(13-16)27-22-19-14-18(6-7-20(19)24-15-25-22)26-21(29)5-2-8-28-9-11-30-12-10-28/h1-7,13-15H,8-12H2,(H,26,29)(H,24,25,27). The van der Waals surface area contributed by atoms with Crippen molar-refractivity contribution in [2.24, 2.45) is 0 Å². The Morgan fingerprint density at radius 3 is 2.83 bits per heavy atom. The van der Waals surface area contributed by atoms with Crippen molar-refractivity contribution < 1.29 is 9.53 Å². The summed E-state index contributed by atoms with van der Waals surface area (Å²) >= 11 is 3.47. The van der Waals surface area contributed by atoms with E-state index in [1.165, 1.54) is 6.33 Å². The molecule has 0 atom stereocenters. The van der Waals surface area contributed by atoms with E-state index < -0.39 is 0 Å². The Morgan fingerprint density at radius 1 is 1.13 bits per heavy atom. The predicted molar refractivity (Wildman–Crippen MR) is 122 cm³/mol. The van der Waals surface area contributed by atoms with Gasteiger partial charge in [-0.25, -0.2) is 9.97 Å². The van der Waals surface area contributed by atoms with Crippen LogP contribution < -0.4 is 10.6 Å². The van der Waals surface area contributed by atoms with Crippen molar-refractivity contribution in [3.8, 4) is 0 Å². The molecule has 8 heteroatoms. The summed E-state index contributed by atoms with van der Waals surface area (Å²) in [6.45, 7) is 4.02. The second kappa shape index (κ2) is 9.80. The zero-order chi connectivity index (χ0) is 20.8. The van der Waals surface area contributed by atoms with E-state index >= 15 is 0 Å². The summed E-state index contributed by atoms with van der Waals surface area (Å²) in [5.74, 6) is 0.512. The lowest BCUT2D eigenvalue weighted by atomic mass is 10.2. The van der Waals surface area contributed by atoms with Crippen molar-refractivity contribution >= 4 is 49.9 Å². The van der Waals surface area contributed by atoms with E-state index in [4.69, 9.17) is 4.74 Å². The molecule has 1 fully saturated rings. The lowest BCUT2D eigenvalue weighted by Gasteiger charge is -2.25. The number of morpholine rings is 1. The van der Waals surface area contributed by atoms with E-state index in [0.29, 0.717) is 11.5 Å². The largest absolute Gasteiger partial charge is 0.379 e. The molecule has 1 amide bonds. The highest BCUT2D eigenvalue weighted by molar-refractivity contribution is 9.10. The van der Waals surface area contributed by atoms with Crippen LogP contribution in [0, 0.1) is 0 Å². The number of anilines is 3. The Kier molecular flexibility index (Phi) is 6.68. The number of carbonyl (C=O) groups is 1. The Morgan fingerprint density at radius 2 is 2.00 bits per heavy atom. The van der Waals surface area contributed by atoms with Gasteiger partial charge in [-0.05, 0) is 36.4 Å². The smallest absolute Gasteiger partial charge is 0.248 e. The number of nitrogens with zero attached hydrogens (tertiary/aromatic N) is 3. The Balaban J connectivity index is 1.46. The molecule has 154 valence electrons. The molecule has 1 saturated heterocycles. The fourth-order valence-electron chi connectivity index (χ4n) is 3.21. The number of fused-ring (bicyclic) bond motifs is 1. The minimum atomic E-state index is -0.166. The molecule has 1 aliphatic rings. The zero-order valence-electron chi connectivity index (χ0n) is 16.3. The van der Waals surface area contributed by atoms with E-state index in [1.807, 2.05) is 48.5 Å². The van der Waals surface area contributed by atoms with Gasteiger partial charge in [0.2, 0.25) is 5.91 Å². The van der Waals surface area contributed by atoms with Gasteiger partial charge in [0, 0.05) is 46.9 Å². The Labute approximate surface area is 183 Å². The Bertz CT molecular complexity index is 1070. The molecule has 0 aliphatic carbocycles. The van der Waals surface area contributed by atoms with Crippen LogP contribution in [-0.4, -0.2) is 53.6 Å². The molecular weight excluding hydrogens is 446 g/mol. The molecule has 0 unspecified atom stereocenters. The van der Waals surface area contributed by atoms with Gasteiger partial charge in [0.1, 0.15) is 12.1 Å². The average Bonchev–Trinajstić information content (AvgIpc) is 2.75. The highest BCUT2D eigenvalue weighted by Gasteiger charge is 2.09. The van der Waals surface area contributed by atoms with Crippen molar-refractivity contribution in [2.45, 2.75) is 0 Å². The van der Waals surface area contributed by atoms with Crippen molar-refractivity contribution in [3.63, 3.8) is 0 Å². The summed E-state index contributed by atoms with van der Waals surface area (Å²) in [5, 5.41) is 7.05. The molecule has 0 radical (unpaired) electrons. The van der Waals surface area contributed by atoms with Crippen molar-refractivity contribution in [2.75, 3.05) is 43.5 Å². The van der Waals surface area contributed by atoms with E-state index in [0.717, 1.165) is 53.9 Å². The van der Waals surface area contributed by atoms with Crippen LogP contribution in [0.5, 0.6) is 0 Å². The van der Waals surface area contributed by atoms with Gasteiger partial charge in [0.05, 0.1) is 18.7 Å². The van der Waals surface area contributed by atoms with Crippen LogP contribution >= 0.6 is 15.9 Å². The van der Waals surface area contributed by atoms with Gasteiger partial charge in [-0.2, -0.15) is 0 Å². The van der Waals surface area contributed by atoms with Crippen molar-refractivity contribution in [1.82, 2.24) is 14.9 Å². The van der Waals surface area contributed by atoms with Crippen LogP contribution in [0.15, 0.2) is 65.4 Å². The maximum absolute atomic E-state index is 12.3. The number of carbonyl (C=O) groups excluding carboxylic acids is 1. The number of amides is 1. The summed E-state index contributed by atoms with van der Waals surface area (Å²) in [6, 6.07) is 13.4. The predicted octanol–water partition coefficient (Wildman–Crippen LogP) is 3.96. The molecular formula is C22H22BrN5O2. The number of ether oxygens (including phenoxy) is 1. The second-order valence-electron chi connectivity index (χ2n) is 6.89. The molecule has 2 heterocycles. The van der Waals surface area contributed by atoms with Crippen molar-refractivity contribution in [1.29, 1.82) is 0 Å². The van der Waals surface area contributed by atoms with Gasteiger partial charge in [0.15, 0.2) is 0 Å². The first-order valence-corrected chi connectivity index (χ1v) is 10.5. The van der Waals surface area contributed by atoms with Gasteiger partial charge in [-0.3, -0.25) is 9.69 Å². The van der Waals surface area contributed by atoms with E-state index in [-0.39, 0.29) is 5.91 Å². The normalized spacial score (nSPS) is 14.8. The molecule has 3 aromatic rings. The number of hydrogen-bond donors (Lipinski definition) is 2. The number of hydrogen-bond acceptors (Lipinski definition) is 6. The van der Waals surface area contributed by atoms with Crippen LogP contribution in [0.1, 0.15) is 0 Å². The number of aromatic nitrogens is 2. The van der Waals surface area contributed by atoms with Crippen LogP contribution in [-0.2, 0) is 9.53 Å². The highest BCUT2D eigenvalue weighted by atomic mass is 79.9. The average molecular weight is 468 g/mol. The molecule has 0 spiro atoms. The number of rotatable bonds is 6. The third kappa shape index (κ3) is 5.41. The number of benzene rings is 2. The van der Waals surface area contributed by atoms with Gasteiger partial charge in [-0.1, -0.05) is 28.1 Å². The molecule has 1 aromatic heterocycles. The van der Waals surface area contributed by atoms with Crippen LogP contribution in [0.25, 0.3) is 10.9 Å². The summed E-state index contributed by atoms with van der Waals surface area (Å²) in [4.78, 5) is 23.3. The first-order valence-electron chi connectivity index (χ1n) is 9.72. The van der Waals surface area contributed by atoms with Crippen molar-refractivity contribution in [3.05, 3.63) is 65.4 Å². The van der Waals surface area contributed by atoms with Gasteiger partial charge in [-0.15, -0.1) is 0 Å². The second-order valence-corrected chi connectivity index (χ2v) is 7.81. The lowest BCUT2D eigenvalue weighted by Crippen LogP contribution is -2.36. The van der Waals surface area contributed by atoms with Crippen LogP contribution in [0.2, 0.25) is 0 Å². The van der Waals surface area contributed by atoms with E-state index in [1.54, 1.807) is 6.08 Å². The molecule has 0 bridgehead atoms. The van der Waals surface area contributed by atoms with Gasteiger partial charge in [0.25, 0.3) is 0 Å². The quantitative estimate of drug-likeness (QED) is 0.534. The summed E-state index contributed by atoms with van der Waals surface area (Å²) < 4.78 is 6.31. The first-order chi connectivity index (χ1) is 14.7. The van der Waals surface area contributed by atoms with Gasteiger partial charge >= 0.3 is 0 Å². The summed E-state index contributed by atoms with van der Waals surface area (Å²) in [5.41, 5.74) is 2.39. The topological polar surface area (TPSA) is 79.4 Å². The SMILES string of the molecule is O=C(C=CCN1CCOCC1)Nc1ccc2ncnc(Nc3cccc(Br)c3)c2c1. The monoisotopic (exact) mass is 467 g/mol. The molecule has 7 nitrogen and oxygen atoms in total. The van der Waals surface area contributed by atoms with E-state index in [2.05, 4.69) is 41.4 Å². The minimum absolute atomic E-state index is 0.166. The van der Waals surface area contributed by atoms with Crippen LogP contribution in [0.4, 0.5) is 17.2 Å². The molecule has 4 rings (SSSR count). The fraction of sp³-hybridized carbons (Fsp3) is 0.227. The number of halogens is 1. The zero-order valence-corrected chi connectivity index (χ0v) is 17.9. The summed E-state index contributed by atoms with van der Waals surface area (Å²) in [6.07, 6.45) is 4.97. The number of nitrogens with one attached hydrogen (secondary N) is 2.